The summed E-state index contributed by atoms with van der Waals surface area (Å²) in [6.07, 6.45) is 0. The third kappa shape index (κ3) is 2.77. The number of benzene rings is 1. The van der Waals surface area contributed by atoms with Crippen LogP contribution in [0.15, 0.2) is 39.9 Å². The summed E-state index contributed by atoms with van der Waals surface area (Å²) in [5.74, 6) is -1.09. The summed E-state index contributed by atoms with van der Waals surface area (Å²) < 4.78 is 26.7. The Kier molecular flexibility index (Phi) is 3.59. The highest BCUT2D eigenvalue weighted by molar-refractivity contribution is 7.94. The average Bonchev–Trinajstić information content (AvgIpc) is 2.85. The van der Waals surface area contributed by atoms with Gasteiger partial charge in [-0.2, -0.15) is 0 Å². The molecule has 1 aromatic carbocycles. The standard InChI is InChI=1S/C12H11NO4S2/c1-8-9(12(14)15)4-2-5-10(8)13-19(16,17)11-6-3-7-18-11/h2-7,13H,1H3,(H,14,15). The molecular weight excluding hydrogens is 286 g/mol. The molecular formula is C12H11NO4S2. The summed E-state index contributed by atoms with van der Waals surface area (Å²) in [4.78, 5) is 11.0. The molecule has 0 fully saturated rings. The van der Waals surface area contributed by atoms with Crippen molar-refractivity contribution in [3.63, 3.8) is 0 Å². The molecule has 5 nitrogen and oxygen atoms in total. The molecule has 0 amide bonds. The lowest BCUT2D eigenvalue weighted by Crippen LogP contribution is -2.13. The van der Waals surface area contributed by atoms with Gasteiger partial charge in [0, 0.05) is 0 Å². The molecule has 7 heteroatoms. The Morgan fingerprint density at radius 3 is 2.58 bits per heavy atom. The fourth-order valence-corrected chi connectivity index (χ4v) is 3.71. The van der Waals surface area contributed by atoms with Crippen molar-refractivity contribution in [1.82, 2.24) is 0 Å². The second-order valence-electron chi connectivity index (χ2n) is 3.82. The van der Waals surface area contributed by atoms with Crippen LogP contribution < -0.4 is 4.72 Å². The molecule has 0 aliphatic heterocycles. The monoisotopic (exact) mass is 297 g/mol. The Bertz CT molecular complexity index is 705. The summed E-state index contributed by atoms with van der Waals surface area (Å²) in [5, 5.41) is 10.7. The van der Waals surface area contributed by atoms with Gasteiger partial charge in [0.15, 0.2) is 0 Å². The summed E-state index contributed by atoms with van der Waals surface area (Å²) >= 11 is 1.10. The van der Waals surface area contributed by atoms with Crippen LogP contribution in [0.1, 0.15) is 15.9 Å². The molecule has 0 saturated carbocycles. The fourth-order valence-electron chi connectivity index (χ4n) is 1.59. The van der Waals surface area contributed by atoms with Crippen molar-refractivity contribution >= 4 is 33.0 Å². The first-order chi connectivity index (χ1) is 8.92. The minimum absolute atomic E-state index is 0.0754. The predicted molar refractivity (Wildman–Crippen MR) is 73.3 cm³/mol. The molecule has 0 aliphatic carbocycles. The molecule has 1 aromatic heterocycles. The molecule has 19 heavy (non-hydrogen) atoms. The largest absolute Gasteiger partial charge is 0.478 e. The summed E-state index contributed by atoms with van der Waals surface area (Å²) in [7, 11) is -3.66. The highest BCUT2D eigenvalue weighted by atomic mass is 32.2. The van der Waals surface area contributed by atoms with Crippen LogP contribution in [0.3, 0.4) is 0 Å². The van der Waals surface area contributed by atoms with E-state index in [1.165, 1.54) is 24.3 Å². The lowest BCUT2D eigenvalue weighted by Gasteiger charge is -2.10. The van der Waals surface area contributed by atoms with Gasteiger partial charge in [0.25, 0.3) is 10.0 Å². The highest BCUT2D eigenvalue weighted by Crippen LogP contribution is 2.24. The van der Waals surface area contributed by atoms with Gasteiger partial charge >= 0.3 is 5.97 Å². The van der Waals surface area contributed by atoms with E-state index in [1.54, 1.807) is 18.4 Å². The van der Waals surface area contributed by atoms with E-state index in [-0.39, 0.29) is 15.5 Å². The lowest BCUT2D eigenvalue weighted by atomic mass is 10.1. The van der Waals surface area contributed by atoms with E-state index in [0.29, 0.717) is 5.56 Å². The second kappa shape index (κ2) is 5.02. The van der Waals surface area contributed by atoms with Crippen LogP contribution in [-0.4, -0.2) is 19.5 Å². The quantitative estimate of drug-likeness (QED) is 0.908. The number of thiophene rings is 1. The molecule has 0 bridgehead atoms. The Morgan fingerprint density at radius 2 is 2.00 bits per heavy atom. The number of anilines is 1. The van der Waals surface area contributed by atoms with E-state index < -0.39 is 16.0 Å². The van der Waals surface area contributed by atoms with E-state index in [1.807, 2.05) is 0 Å². The Hall–Kier alpha value is -1.86. The zero-order chi connectivity index (χ0) is 14.0. The van der Waals surface area contributed by atoms with Gasteiger partial charge in [0.2, 0.25) is 0 Å². The molecule has 2 aromatic rings. The molecule has 2 rings (SSSR count). The summed E-state index contributed by atoms with van der Waals surface area (Å²) in [5.41, 5.74) is 0.731. The average molecular weight is 297 g/mol. The summed E-state index contributed by atoms with van der Waals surface area (Å²) in [6.45, 7) is 1.57. The molecule has 0 spiro atoms. The van der Waals surface area contributed by atoms with E-state index in [4.69, 9.17) is 5.11 Å². The highest BCUT2D eigenvalue weighted by Gasteiger charge is 2.18. The fraction of sp³-hybridized carbons (Fsp3) is 0.0833. The molecule has 0 saturated heterocycles. The number of hydrogen-bond donors (Lipinski definition) is 2. The number of nitrogens with one attached hydrogen (secondary N) is 1. The maximum Gasteiger partial charge on any atom is 0.336 e. The first-order valence-corrected chi connectivity index (χ1v) is 7.67. The van der Waals surface area contributed by atoms with Crippen molar-refractivity contribution in [2.75, 3.05) is 4.72 Å². The zero-order valence-electron chi connectivity index (χ0n) is 9.95. The van der Waals surface area contributed by atoms with Crippen LogP contribution in [-0.2, 0) is 10.0 Å². The van der Waals surface area contributed by atoms with Crippen LogP contribution in [0.25, 0.3) is 0 Å². The van der Waals surface area contributed by atoms with Gasteiger partial charge in [-0.05, 0) is 36.1 Å². The zero-order valence-corrected chi connectivity index (χ0v) is 11.6. The third-order valence-corrected chi connectivity index (χ3v) is 5.33. The molecule has 0 aliphatic rings. The van der Waals surface area contributed by atoms with Gasteiger partial charge in [-0.3, -0.25) is 4.72 Å². The number of carboxylic acid groups (broad SMARTS) is 1. The lowest BCUT2D eigenvalue weighted by molar-refractivity contribution is 0.0696. The minimum atomic E-state index is -3.66. The van der Waals surface area contributed by atoms with Crippen LogP contribution in [0.2, 0.25) is 0 Å². The SMILES string of the molecule is Cc1c(NS(=O)(=O)c2cccs2)cccc1C(=O)O. The van der Waals surface area contributed by atoms with Crippen LogP contribution in [0, 0.1) is 6.92 Å². The predicted octanol–water partition coefficient (Wildman–Crippen LogP) is 2.56. The van der Waals surface area contributed by atoms with Crippen molar-refractivity contribution in [1.29, 1.82) is 0 Å². The minimum Gasteiger partial charge on any atom is -0.478 e. The van der Waals surface area contributed by atoms with Crippen molar-refractivity contribution in [2.45, 2.75) is 11.1 Å². The molecule has 0 atom stereocenters. The van der Waals surface area contributed by atoms with Gasteiger partial charge in [-0.25, -0.2) is 13.2 Å². The molecule has 0 radical (unpaired) electrons. The Morgan fingerprint density at radius 1 is 1.26 bits per heavy atom. The van der Waals surface area contributed by atoms with E-state index in [0.717, 1.165) is 11.3 Å². The first-order valence-electron chi connectivity index (χ1n) is 5.31. The van der Waals surface area contributed by atoms with Crippen LogP contribution in [0.4, 0.5) is 5.69 Å². The van der Waals surface area contributed by atoms with Gasteiger partial charge < -0.3 is 5.11 Å². The van der Waals surface area contributed by atoms with Gasteiger partial charge in [0.1, 0.15) is 4.21 Å². The Labute approximate surface area is 114 Å². The van der Waals surface area contributed by atoms with Gasteiger partial charge in [-0.15, -0.1) is 11.3 Å². The Balaban J connectivity index is 2.40. The van der Waals surface area contributed by atoms with E-state index in [9.17, 15) is 13.2 Å². The van der Waals surface area contributed by atoms with Gasteiger partial charge in [0.05, 0.1) is 11.3 Å². The van der Waals surface area contributed by atoms with Crippen LogP contribution >= 0.6 is 11.3 Å². The molecule has 1 heterocycles. The van der Waals surface area contributed by atoms with Crippen molar-refractivity contribution < 1.29 is 18.3 Å². The normalized spacial score (nSPS) is 11.2. The molecule has 0 unspecified atom stereocenters. The smallest absolute Gasteiger partial charge is 0.336 e. The molecule has 100 valence electrons. The number of sulfonamides is 1. The number of rotatable bonds is 4. The number of carboxylic acids is 1. The number of carbonyl (C=O) groups is 1. The van der Waals surface area contributed by atoms with Gasteiger partial charge in [-0.1, -0.05) is 12.1 Å². The van der Waals surface area contributed by atoms with Crippen LogP contribution in [0.5, 0.6) is 0 Å². The van der Waals surface area contributed by atoms with Crippen molar-refractivity contribution in [3.05, 3.63) is 46.8 Å². The van der Waals surface area contributed by atoms with Crippen molar-refractivity contribution in [2.24, 2.45) is 0 Å². The topological polar surface area (TPSA) is 83.5 Å². The number of hydrogen-bond acceptors (Lipinski definition) is 4. The van der Waals surface area contributed by atoms with Crippen molar-refractivity contribution in [3.8, 4) is 0 Å². The van der Waals surface area contributed by atoms with E-state index >= 15 is 0 Å². The second-order valence-corrected chi connectivity index (χ2v) is 6.68. The molecule has 2 N–H and O–H groups in total. The number of aromatic carboxylic acids is 1. The van der Waals surface area contributed by atoms with E-state index in [2.05, 4.69) is 4.72 Å². The maximum absolute atomic E-state index is 12.0. The summed E-state index contributed by atoms with van der Waals surface area (Å²) in [6, 6.07) is 7.60. The maximum atomic E-state index is 12.0. The first kappa shape index (κ1) is 13.6. The third-order valence-electron chi connectivity index (χ3n) is 2.57.